The van der Waals surface area contributed by atoms with Crippen molar-refractivity contribution in [1.82, 2.24) is 9.97 Å². The van der Waals surface area contributed by atoms with Crippen molar-refractivity contribution in [2.45, 2.75) is 0 Å². The number of benzene rings is 1. The van der Waals surface area contributed by atoms with Gasteiger partial charge in [-0.2, -0.15) is 4.98 Å². The molecule has 0 atom stereocenters. The van der Waals surface area contributed by atoms with Crippen molar-refractivity contribution in [1.29, 1.82) is 0 Å². The smallest absolute Gasteiger partial charge is 0.232 e. The van der Waals surface area contributed by atoms with Crippen molar-refractivity contribution in [2.75, 3.05) is 0 Å². The number of rotatable bonds is 2. The standard InChI is InChI=1S/C12H7N5O2/c13-17-16-7-3-4-8(9(18)6-7)12-15-11-10(19-12)2-1-5-14-11/h1-6,18H. The van der Waals surface area contributed by atoms with E-state index in [1.165, 1.54) is 6.07 Å². The van der Waals surface area contributed by atoms with Crippen LogP contribution >= 0.6 is 0 Å². The van der Waals surface area contributed by atoms with E-state index in [1.54, 1.807) is 30.5 Å². The SMILES string of the molecule is [N-]=[N+]=Nc1ccc(-c2nc3ncccc3o2)c(O)c1. The first-order valence-electron chi connectivity index (χ1n) is 5.38. The first-order chi connectivity index (χ1) is 9.28. The lowest BCUT2D eigenvalue weighted by atomic mass is 10.2. The Morgan fingerprint density at radius 2 is 2.21 bits per heavy atom. The molecule has 92 valence electrons. The van der Waals surface area contributed by atoms with Gasteiger partial charge in [0.05, 0.1) is 5.56 Å². The van der Waals surface area contributed by atoms with E-state index in [-0.39, 0.29) is 11.6 Å². The molecule has 0 radical (unpaired) electrons. The zero-order valence-corrected chi connectivity index (χ0v) is 9.56. The number of aromatic nitrogens is 2. The molecule has 2 heterocycles. The van der Waals surface area contributed by atoms with E-state index in [0.717, 1.165) is 0 Å². The van der Waals surface area contributed by atoms with Crippen molar-refractivity contribution in [3.05, 3.63) is 47.0 Å². The van der Waals surface area contributed by atoms with Gasteiger partial charge in [0.25, 0.3) is 0 Å². The minimum absolute atomic E-state index is 0.0727. The van der Waals surface area contributed by atoms with Crippen LogP contribution in [0.15, 0.2) is 46.1 Å². The number of hydrogen-bond donors (Lipinski definition) is 1. The molecule has 0 spiro atoms. The van der Waals surface area contributed by atoms with Crippen LogP contribution in [0.4, 0.5) is 5.69 Å². The molecule has 3 aromatic rings. The summed E-state index contributed by atoms with van der Waals surface area (Å²) in [6.45, 7) is 0. The Labute approximate surface area is 106 Å². The van der Waals surface area contributed by atoms with Crippen LogP contribution in [-0.4, -0.2) is 15.1 Å². The zero-order valence-electron chi connectivity index (χ0n) is 9.56. The van der Waals surface area contributed by atoms with Crippen molar-refractivity contribution >= 4 is 16.9 Å². The van der Waals surface area contributed by atoms with E-state index in [9.17, 15) is 5.11 Å². The third-order valence-electron chi connectivity index (χ3n) is 2.54. The maximum absolute atomic E-state index is 9.89. The normalized spacial score (nSPS) is 10.3. The van der Waals surface area contributed by atoms with Gasteiger partial charge in [0.2, 0.25) is 5.89 Å². The second-order valence-electron chi connectivity index (χ2n) is 3.74. The Morgan fingerprint density at radius 1 is 1.32 bits per heavy atom. The highest BCUT2D eigenvalue weighted by molar-refractivity contribution is 5.74. The van der Waals surface area contributed by atoms with E-state index in [2.05, 4.69) is 20.0 Å². The molecule has 0 amide bonds. The lowest BCUT2D eigenvalue weighted by Gasteiger charge is -2.00. The van der Waals surface area contributed by atoms with Gasteiger partial charge in [-0.1, -0.05) is 11.2 Å². The largest absolute Gasteiger partial charge is 0.507 e. The number of phenolic OH excluding ortho intramolecular Hbond substituents is 1. The van der Waals surface area contributed by atoms with Gasteiger partial charge in [0, 0.05) is 16.8 Å². The molecule has 0 aliphatic rings. The number of pyridine rings is 1. The Balaban J connectivity index is 2.13. The monoisotopic (exact) mass is 253 g/mol. The molecule has 7 heteroatoms. The molecule has 0 bridgehead atoms. The number of oxazole rings is 1. The number of fused-ring (bicyclic) bond motifs is 1. The fourth-order valence-electron chi connectivity index (χ4n) is 1.70. The maximum atomic E-state index is 9.89. The molecule has 0 saturated carbocycles. The molecule has 0 aliphatic heterocycles. The molecule has 3 rings (SSSR count). The average Bonchev–Trinajstić information content (AvgIpc) is 2.82. The summed E-state index contributed by atoms with van der Waals surface area (Å²) in [5.41, 5.74) is 10.1. The third kappa shape index (κ3) is 1.94. The van der Waals surface area contributed by atoms with Crippen molar-refractivity contribution in [3.8, 4) is 17.2 Å². The molecule has 19 heavy (non-hydrogen) atoms. The van der Waals surface area contributed by atoms with Gasteiger partial charge in [0.1, 0.15) is 5.75 Å². The summed E-state index contributed by atoms with van der Waals surface area (Å²) in [5.74, 6) is 0.190. The fourth-order valence-corrected chi connectivity index (χ4v) is 1.70. The molecule has 7 nitrogen and oxygen atoms in total. The summed E-state index contributed by atoms with van der Waals surface area (Å²) >= 11 is 0. The van der Waals surface area contributed by atoms with Crippen LogP contribution < -0.4 is 0 Å². The van der Waals surface area contributed by atoms with E-state index >= 15 is 0 Å². The van der Waals surface area contributed by atoms with Gasteiger partial charge in [-0.3, -0.25) is 0 Å². The minimum Gasteiger partial charge on any atom is -0.507 e. The highest BCUT2D eigenvalue weighted by Crippen LogP contribution is 2.33. The fraction of sp³-hybridized carbons (Fsp3) is 0. The third-order valence-corrected chi connectivity index (χ3v) is 2.54. The van der Waals surface area contributed by atoms with Crippen molar-refractivity contribution in [3.63, 3.8) is 0 Å². The number of nitrogens with zero attached hydrogens (tertiary/aromatic N) is 5. The van der Waals surface area contributed by atoms with Crippen molar-refractivity contribution < 1.29 is 9.52 Å². The molecule has 0 aliphatic carbocycles. The van der Waals surface area contributed by atoms with E-state index < -0.39 is 0 Å². The number of azide groups is 1. The number of phenols is 1. The van der Waals surface area contributed by atoms with Crippen LogP contribution in [0.25, 0.3) is 33.1 Å². The first-order valence-corrected chi connectivity index (χ1v) is 5.38. The second kappa shape index (κ2) is 4.32. The summed E-state index contributed by atoms with van der Waals surface area (Å²) in [6, 6.07) is 7.96. The Morgan fingerprint density at radius 3 is 2.95 bits per heavy atom. The van der Waals surface area contributed by atoms with E-state index in [1.807, 2.05) is 0 Å². The first kappa shape index (κ1) is 11.1. The van der Waals surface area contributed by atoms with Gasteiger partial charge < -0.3 is 9.52 Å². The summed E-state index contributed by atoms with van der Waals surface area (Å²) in [5, 5.41) is 13.3. The Hall–Kier alpha value is -3.05. The predicted octanol–water partition coefficient (Wildman–Crippen LogP) is 3.54. The van der Waals surface area contributed by atoms with Crippen LogP contribution in [0.2, 0.25) is 0 Å². The molecule has 0 unspecified atom stereocenters. The van der Waals surface area contributed by atoms with Crippen LogP contribution in [0, 0.1) is 0 Å². The second-order valence-corrected chi connectivity index (χ2v) is 3.74. The Kier molecular flexibility index (Phi) is 2.52. The molecule has 1 aromatic carbocycles. The van der Waals surface area contributed by atoms with Crippen LogP contribution in [0.5, 0.6) is 5.75 Å². The van der Waals surface area contributed by atoms with Crippen LogP contribution in [-0.2, 0) is 0 Å². The maximum Gasteiger partial charge on any atom is 0.232 e. The molecule has 0 saturated heterocycles. The molecular formula is C12H7N5O2. The molecule has 0 fully saturated rings. The molecule has 1 N–H and O–H groups in total. The Bertz CT molecular complexity index is 772. The molecule has 2 aromatic heterocycles. The van der Waals surface area contributed by atoms with E-state index in [4.69, 9.17) is 9.95 Å². The lowest BCUT2D eigenvalue weighted by Crippen LogP contribution is -1.79. The zero-order chi connectivity index (χ0) is 13.2. The van der Waals surface area contributed by atoms with E-state index in [0.29, 0.717) is 22.5 Å². The number of hydrogen-bond acceptors (Lipinski definition) is 5. The quantitative estimate of drug-likeness (QED) is 0.428. The average molecular weight is 253 g/mol. The van der Waals surface area contributed by atoms with Gasteiger partial charge in [-0.15, -0.1) is 0 Å². The molecular weight excluding hydrogens is 246 g/mol. The lowest BCUT2D eigenvalue weighted by molar-refractivity contribution is 0.474. The van der Waals surface area contributed by atoms with Gasteiger partial charge in [-0.25, -0.2) is 4.98 Å². The van der Waals surface area contributed by atoms with Crippen LogP contribution in [0.3, 0.4) is 0 Å². The summed E-state index contributed by atoms with van der Waals surface area (Å²) < 4.78 is 5.50. The van der Waals surface area contributed by atoms with Gasteiger partial charge >= 0.3 is 0 Å². The highest BCUT2D eigenvalue weighted by atomic mass is 16.4. The predicted molar refractivity (Wildman–Crippen MR) is 67.7 cm³/mol. The van der Waals surface area contributed by atoms with Crippen LogP contribution in [0.1, 0.15) is 0 Å². The topological polar surface area (TPSA) is 108 Å². The summed E-state index contributed by atoms with van der Waals surface area (Å²) in [6.07, 6.45) is 1.61. The summed E-state index contributed by atoms with van der Waals surface area (Å²) in [7, 11) is 0. The van der Waals surface area contributed by atoms with Gasteiger partial charge in [-0.05, 0) is 29.8 Å². The highest BCUT2D eigenvalue weighted by Gasteiger charge is 2.12. The van der Waals surface area contributed by atoms with Gasteiger partial charge in [0.15, 0.2) is 11.2 Å². The number of aromatic hydroxyl groups is 1. The van der Waals surface area contributed by atoms with Crippen molar-refractivity contribution in [2.24, 2.45) is 5.11 Å². The summed E-state index contributed by atoms with van der Waals surface area (Å²) in [4.78, 5) is 10.9. The minimum atomic E-state index is -0.0727.